The number of hydrogen-bond acceptors (Lipinski definition) is 7. The molecule has 0 bridgehead atoms. The zero-order valence-corrected chi connectivity index (χ0v) is 18.2. The Morgan fingerprint density at radius 2 is 2.04 bits per heavy atom. The smallest absolute Gasteiger partial charge is 0.206 e. The molecule has 0 spiro atoms. The Morgan fingerprint density at radius 1 is 1.26 bits per heavy atom. The van der Waals surface area contributed by atoms with Gasteiger partial charge in [0.05, 0.1) is 15.3 Å². The molecular weight excluding hydrogens is 446 g/mol. The normalized spacial score (nSPS) is 14.2. The topological polar surface area (TPSA) is 73.6 Å². The third kappa shape index (κ3) is 3.60. The van der Waals surface area contributed by atoms with E-state index >= 15 is 0 Å². The number of aldehydes is 1. The van der Waals surface area contributed by atoms with Crippen LogP contribution in [0.4, 0.5) is 0 Å². The minimum Gasteiger partial charge on any atom is -0.302 e. The number of carbonyl (C=O) groups excluding carboxylic acids is 1. The predicted molar refractivity (Wildman–Crippen MR) is 111 cm³/mol. The van der Waals surface area contributed by atoms with E-state index in [2.05, 4.69) is 36.1 Å². The lowest BCUT2D eigenvalue weighted by Gasteiger charge is -2.17. The first-order valence-corrected chi connectivity index (χ1v) is 11.1. The van der Waals surface area contributed by atoms with Crippen molar-refractivity contribution in [1.29, 1.82) is 0 Å². The second-order valence-corrected chi connectivity index (χ2v) is 10.2. The van der Waals surface area contributed by atoms with Crippen LogP contribution in [0.25, 0.3) is 15.6 Å². The van der Waals surface area contributed by atoms with Crippen molar-refractivity contribution in [2.24, 2.45) is 0 Å². The van der Waals surface area contributed by atoms with Gasteiger partial charge < -0.3 is 4.79 Å². The summed E-state index contributed by atoms with van der Waals surface area (Å²) >= 11 is 6.67. The van der Waals surface area contributed by atoms with Crippen molar-refractivity contribution in [2.45, 2.75) is 49.4 Å². The molecule has 1 aliphatic carbocycles. The molecule has 0 unspecified atom stereocenters. The maximum Gasteiger partial charge on any atom is 0.206 e. The van der Waals surface area contributed by atoms with E-state index in [9.17, 15) is 4.79 Å². The molecule has 1 aliphatic rings. The molecule has 4 rings (SSSR count). The largest absolute Gasteiger partial charge is 0.302 e. The van der Waals surface area contributed by atoms with Gasteiger partial charge in [-0.05, 0) is 72.7 Å². The number of halogens is 1. The van der Waals surface area contributed by atoms with Crippen molar-refractivity contribution >= 4 is 45.3 Å². The van der Waals surface area contributed by atoms with Gasteiger partial charge in [0, 0.05) is 6.20 Å². The lowest BCUT2D eigenvalue weighted by molar-refractivity contribution is -0.109. The summed E-state index contributed by atoms with van der Waals surface area (Å²) in [5.74, 6) is 0. The molecule has 0 atom stereocenters. The van der Waals surface area contributed by atoms with Gasteiger partial charge in [-0.2, -0.15) is 0 Å². The molecule has 27 heavy (non-hydrogen) atoms. The Hall–Kier alpha value is -1.58. The minimum absolute atomic E-state index is 0.572. The van der Waals surface area contributed by atoms with E-state index in [1.54, 1.807) is 23.9 Å². The maximum atomic E-state index is 11.4. The average molecular weight is 464 g/mol. The van der Waals surface area contributed by atoms with Crippen molar-refractivity contribution in [3.8, 4) is 15.6 Å². The lowest BCUT2D eigenvalue weighted by atomic mass is 9.92. The van der Waals surface area contributed by atoms with E-state index in [0.29, 0.717) is 9.89 Å². The SMILES string of the molecule is CC(C)(C=O)Sc1nnc(Br)n1-c1sc(-c2ccncn2)c2c1CCCC2. The number of thiophene rings is 1. The van der Waals surface area contributed by atoms with Gasteiger partial charge in [0.1, 0.15) is 17.6 Å². The van der Waals surface area contributed by atoms with E-state index in [1.165, 1.54) is 40.6 Å². The summed E-state index contributed by atoms with van der Waals surface area (Å²) in [6, 6.07) is 1.96. The molecular formula is C18H18BrN5OS2. The van der Waals surface area contributed by atoms with Gasteiger partial charge in [0.15, 0.2) is 5.16 Å². The van der Waals surface area contributed by atoms with Crippen LogP contribution in [-0.2, 0) is 17.6 Å². The third-order valence-electron chi connectivity index (χ3n) is 4.45. The molecule has 0 radical (unpaired) electrons. The van der Waals surface area contributed by atoms with Gasteiger partial charge in [0.2, 0.25) is 4.73 Å². The molecule has 6 nitrogen and oxygen atoms in total. The highest BCUT2D eigenvalue weighted by Gasteiger charge is 2.29. The predicted octanol–water partition coefficient (Wildman–Crippen LogP) is 4.50. The van der Waals surface area contributed by atoms with E-state index in [-0.39, 0.29) is 0 Å². The van der Waals surface area contributed by atoms with Crippen LogP contribution in [0.15, 0.2) is 28.5 Å². The summed E-state index contributed by atoms with van der Waals surface area (Å²) in [5.41, 5.74) is 3.66. The summed E-state index contributed by atoms with van der Waals surface area (Å²) < 4.78 is 2.10. The zero-order chi connectivity index (χ0) is 19.0. The summed E-state index contributed by atoms with van der Waals surface area (Å²) in [5, 5.41) is 10.3. The van der Waals surface area contributed by atoms with Crippen molar-refractivity contribution < 1.29 is 4.79 Å². The molecule has 3 aromatic heterocycles. The Bertz CT molecular complexity index is 983. The molecule has 0 amide bonds. The van der Waals surface area contributed by atoms with Crippen LogP contribution in [0.1, 0.15) is 37.8 Å². The molecule has 140 valence electrons. The summed E-state index contributed by atoms with van der Waals surface area (Å²) in [6.45, 7) is 3.77. The first-order chi connectivity index (χ1) is 13.0. The number of aromatic nitrogens is 5. The number of rotatable bonds is 5. The third-order valence-corrected chi connectivity index (χ3v) is 7.31. The van der Waals surface area contributed by atoms with Crippen molar-refractivity contribution in [1.82, 2.24) is 24.7 Å². The highest BCUT2D eigenvalue weighted by atomic mass is 79.9. The van der Waals surface area contributed by atoms with E-state index < -0.39 is 4.75 Å². The molecule has 0 aromatic carbocycles. The van der Waals surface area contributed by atoms with Crippen LogP contribution >= 0.6 is 39.0 Å². The quantitative estimate of drug-likeness (QED) is 0.409. The van der Waals surface area contributed by atoms with Gasteiger partial charge in [-0.15, -0.1) is 21.5 Å². The highest BCUT2D eigenvalue weighted by molar-refractivity contribution is 9.10. The summed E-state index contributed by atoms with van der Waals surface area (Å²) in [7, 11) is 0. The second kappa shape index (κ2) is 7.44. The van der Waals surface area contributed by atoms with E-state index in [4.69, 9.17) is 0 Å². The summed E-state index contributed by atoms with van der Waals surface area (Å²) in [4.78, 5) is 21.1. The first kappa shape index (κ1) is 18.8. The molecule has 3 aromatic rings. The van der Waals surface area contributed by atoms with Gasteiger partial charge >= 0.3 is 0 Å². The molecule has 3 heterocycles. The minimum atomic E-state index is -0.572. The Kier molecular flexibility index (Phi) is 5.17. The molecule has 0 aliphatic heterocycles. The number of hydrogen-bond donors (Lipinski definition) is 0. The molecule has 0 saturated carbocycles. The maximum absolute atomic E-state index is 11.4. The summed E-state index contributed by atoms with van der Waals surface area (Å²) in [6.07, 6.45) is 8.74. The number of thioether (sulfide) groups is 1. The molecule has 0 fully saturated rings. The number of carbonyl (C=O) groups is 1. The Balaban J connectivity index is 1.87. The van der Waals surface area contributed by atoms with Crippen LogP contribution in [0.3, 0.4) is 0 Å². The van der Waals surface area contributed by atoms with Crippen molar-refractivity contribution in [2.75, 3.05) is 0 Å². The lowest BCUT2D eigenvalue weighted by Crippen LogP contribution is -2.17. The Labute approximate surface area is 174 Å². The molecule has 9 heteroatoms. The van der Waals surface area contributed by atoms with Gasteiger partial charge in [-0.3, -0.25) is 4.57 Å². The van der Waals surface area contributed by atoms with Crippen LogP contribution in [0, 0.1) is 0 Å². The van der Waals surface area contributed by atoms with Gasteiger partial charge in [0.25, 0.3) is 0 Å². The average Bonchev–Trinajstić information content (AvgIpc) is 3.22. The fourth-order valence-corrected chi connectivity index (χ4v) is 6.14. The van der Waals surface area contributed by atoms with Gasteiger partial charge in [-0.25, -0.2) is 9.97 Å². The first-order valence-electron chi connectivity index (χ1n) is 8.68. The van der Waals surface area contributed by atoms with Crippen LogP contribution in [0.5, 0.6) is 0 Å². The number of nitrogens with zero attached hydrogens (tertiary/aromatic N) is 5. The van der Waals surface area contributed by atoms with E-state index in [0.717, 1.165) is 29.8 Å². The second-order valence-electron chi connectivity index (χ2n) is 6.91. The Morgan fingerprint density at radius 3 is 2.74 bits per heavy atom. The fourth-order valence-electron chi connectivity index (χ4n) is 3.17. The highest BCUT2D eigenvalue weighted by Crippen LogP contribution is 2.44. The van der Waals surface area contributed by atoms with Crippen molar-refractivity contribution in [3.05, 3.63) is 34.5 Å². The fraction of sp³-hybridized carbons (Fsp3) is 0.389. The van der Waals surface area contributed by atoms with Crippen LogP contribution < -0.4 is 0 Å². The van der Waals surface area contributed by atoms with Crippen LogP contribution in [-0.4, -0.2) is 35.8 Å². The zero-order valence-electron chi connectivity index (χ0n) is 15.0. The molecule has 0 N–H and O–H groups in total. The van der Waals surface area contributed by atoms with E-state index in [1.807, 2.05) is 24.5 Å². The standard InChI is InChI=1S/C18H18BrN5OS2/c1-18(2,9-25)27-17-23-22-16(19)24(17)15-12-6-4-3-5-11(12)14(26-15)13-7-8-20-10-21-13/h7-10H,3-6H2,1-2H3. The van der Waals surface area contributed by atoms with Gasteiger partial charge in [-0.1, -0.05) is 11.8 Å². The van der Waals surface area contributed by atoms with Crippen molar-refractivity contribution in [3.63, 3.8) is 0 Å². The molecule has 0 saturated heterocycles. The number of fused-ring (bicyclic) bond motifs is 1. The van der Waals surface area contributed by atoms with Crippen LogP contribution in [0.2, 0.25) is 0 Å². The monoisotopic (exact) mass is 463 g/mol.